The largest absolute Gasteiger partial charge is 0.505 e. The van der Waals surface area contributed by atoms with Crippen LogP contribution in [0.1, 0.15) is 31.9 Å². The first-order chi connectivity index (χ1) is 10.4. The number of halogens is 1. The van der Waals surface area contributed by atoms with Gasteiger partial charge in [-0.05, 0) is 34.6 Å². The first kappa shape index (κ1) is 15.2. The Morgan fingerprint density at radius 3 is 2.50 bits per heavy atom. The minimum absolute atomic E-state index is 0.0301. The van der Waals surface area contributed by atoms with Crippen molar-refractivity contribution < 1.29 is 5.11 Å². The molecular formula is C19H20BrNO. The van der Waals surface area contributed by atoms with Crippen LogP contribution in [0.3, 0.4) is 0 Å². The van der Waals surface area contributed by atoms with Crippen molar-refractivity contribution in [3.05, 3.63) is 59.8 Å². The molecule has 0 spiro atoms. The van der Waals surface area contributed by atoms with E-state index in [-0.39, 0.29) is 5.41 Å². The maximum atomic E-state index is 10.7. The van der Waals surface area contributed by atoms with Crippen molar-refractivity contribution in [2.24, 2.45) is 0 Å². The molecule has 0 aliphatic rings. The first-order valence-corrected chi connectivity index (χ1v) is 8.53. The second-order valence-corrected chi connectivity index (χ2v) is 7.19. The lowest BCUT2D eigenvalue weighted by atomic mass is 9.85. The first-order valence-electron chi connectivity index (χ1n) is 7.40. The van der Waals surface area contributed by atoms with E-state index in [9.17, 15) is 5.11 Å². The molecule has 2 aromatic carbocycles. The highest BCUT2D eigenvalue weighted by Crippen LogP contribution is 2.36. The number of rotatable bonds is 2. The van der Waals surface area contributed by atoms with E-state index in [2.05, 4.69) is 71.6 Å². The van der Waals surface area contributed by atoms with E-state index in [1.807, 2.05) is 18.3 Å². The van der Waals surface area contributed by atoms with Crippen molar-refractivity contribution in [2.45, 2.75) is 31.5 Å². The quantitative estimate of drug-likeness (QED) is 0.599. The van der Waals surface area contributed by atoms with Gasteiger partial charge in [-0.2, -0.15) is 0 Å². The maximum Gasteiger partial charge on any atom is 0.143 e. The number of para-hydroxylation sites is 1. The molecule has 1 aromatic heterocycles. The molecule has 3 aromatic rings. The Balaban J connectivity index is 2.30. The van der Waals surface area contributed by atoms with E-state index in [0.717, 1.165) is 16.8 Å². The zero-order valence-corrected chi connectivity index (χ0v) is 14.7. The molecule has 114 valence electrons. The van der Waals surface area contributed by atoms with Crippen LogP contribution in [-0.4, -0.2) is 9.67 Å². The van der Waals surface area contributed by atoms with Gasteiger partial charge in [0.25, 0.3) is 0 Å². The number of phenolic OH excluding ortho intramolecular Hbond substituents is 1. The van der Waals surface area contributed by atoms with Crippen LogP contribution in [0.2, 0.25) is 0 Å². The summed E-state index contributed by atoms with van der Waals surface area (Å²) in [4.78, 5) is 0. The third-order valence-corrected chi connectivity index (χ3v) is 4.64. The lowest BCUT2D eigenvalue weighted by Crippen LogP contribution is -2.12. The molecule has 0 saturated carbocycles. The number of alkyl halides is 1. The van der Waals surface area contributed by atoms with Gasteiger partial charge in [-0.3, -0.25) is 0 Å². The van der Waals surface area contributed by atoms with Crippen LogP contribution in [0, 0.1) is 0 Å². The van der Waals surface area contributed by atoms with Gasteiger partial charge in [-0.15, -0.1) is 0 Å². The molecule has 0 bridgehead atoms. The predicted octanol–water partition coefficient (Wildman–Crippen LogP) is 5.53. The average Bonchev–Trinajstić information content (AvgIpc) is 2.90. The van der Waals surface area contributed by atoms with Crippen molar-refractivity contribution in [3.8, 4) is 11.4 Å². The standard InChI is InChI=1S/C19H20BrNO/c1-19(2,3)15-10-14(12-20)18(22)17(11-15)21-9-8-13-6-4-5-7-16(13)21/h4-11,22H,12H2,1-3H3. The van der Waals surface area contributed by atoms with Crippen LogP contribution < -0.4 is 0 Å². The van der Waals surface area contributed by atoms with Crippen LogP contribution >= 0.6 is 15.9 Å². The molecule has 0 saturated heterocycles. The molecule has 0 aliphatic carbocycles. The number of phenols is 1. The van der Waals surface area contributed by atoms with Gasteiger partial charge in [0, 0.05) is 17.1 Å². The van der Waals surface area contributed by atoms with Crippen molar-refractivity contribution in [2.75, 3.05) is 0 Å². The molecule has 0 radical (unpaired) electrons. The Kier molecular flexibility index (Phi) is 3.77. The number of hydrogen-bond acceptors (Lipinski definition) is 1. The molecular weight excluding hydrogens is 338 g/mol. The Hall–Kier alpha value is -1.74. The summed E-state index contributed by atoms with van der Waals surface area (Å²) in [6.07, 6.45) is 2.02. The van der Waals surface area contributed by atoms with Gasteiger partial charge in [0.15, 0.2) is 0 Å². The summed E-state index contributed by atoms with van der Waals surface area (Å²) in [5.41, 5.74) is 4.10. The summed E-state index contributed by atoms with van der Waals surface area (Å²) in [6.45, 7) is 6.57. The summed E-state index contributed by atoms with van der Waals surface area (Å²) < 4.78 is 2.06. The normalized spacial score (nSPS) is 12.0. The van der Waals surface area contributed by atoms with Gasteiger partial charge in [0.2, 0.25) is 0 Å². The van der Waals surface area contributed by atoms with Crippen LogP contribution in [0.4, 0.5) is 0 Å². The van der Waals surface area contributed by atoms with Crippen molar-refractivity contribution in [1.82, 2.24) is 4.57 Å². The molecule has 0 amide bonds. The lowest BCUT2D eigenvalue weighted by Gasteiger charge is -2.22. The molecule has 0 atom stereocenters. The summed E-state index contributed by atoms with van der Waals surface area (Å²) in [5, 5.41) is 12.5. The third-order valence-electron chi connectivity index (χ3n) is 4.04. The molecule has 3 heteroatoms. The second kappa shape index (κ2) is 5.47. The van der Waals surface area contributed by atoms with E-state index < -0.39 is 0 Å². The van der Waals surface area contributed by atoms with Gasteiger partial charge in [-0.1, -0.05) is 61.0 Å². The summed E-state index contributed by atoms with van der Waals surface area (Å²) in [6, 6.07) is 14.5. The Morgan fingerprint density at radius 2 is 1.82 bits per heavy atom. The van der Waals surface area contributed by atoms with Crippen LogP contribution in [0.25, 0.3) is 16.6 Å². The third kappa shape index (κ3) is 2.54. The minimum Gasteiger partial charge on any atom is -0.505 e. The monoisotopic (exact) mass is 357 g/mol. The predicted molar refractivity (Wildman–Crippen MR) is 96.3 cm³/mol. The molecule has 0 fully saturated rings. The molecule has 0 unspecified atom stereocenters. The van der Waals surface area contributed by atoms with Gasteiger partial charge >= 0.3 is 0 Å². The molecule has 1 heterocycles. The zero-order valence-electron chi connectivity index (χ0n) is 13.1. The Labute approximate surface area is 139 Å². The number of aromatic nitrogens is 1. The number of aromatic hydroxyl groups is 1. The SMILES string of the molecule is CC(C)(C)c1cc(CBr)c(O)c(-n2ccc3ccccc32)c1. The second-order valence-electron chi connectivity index (χ2n) is 6.63. The summed E-state index contributed by atoms with van der Waals surface area (Å²) >= 11 is 3.49. The number of fused-ring (bicyclic) bond motifs is 1. The van der Waals surface area contributed by atoms with Crippen molar-refractivity contribution >= 4 is 26.8 Å². The summed E-state index contributed by atoms with van der Waals surface area (Å²) in [7, 11) is 0. The Bertz CT molecular complexity index is 827. The lowest BCUT2D eigenvalue weighted by molar-refractivity contribution is 0.466. The molecule has 22 heavy (non-hydrogen) atoms. The van der Waals surface area contributed by atoms with Crippen LogP contribution in [-0.2, 0) is 10.7 Å². The van der Waals surface area contributed by atoms with Gasteiger partial charge < -0.3 is 9.67 Å². The maximum absolute atomic E-state index is 10.7. The highest BCUT2D eigenvalue weighted by Gasteiger charge is 2.19. The van der Waals surface area contributed by atoms with Gasteiger partial charge in [-0.25, -0.2) is 0 Å². The van der Waals surface area contributed by atoms with E-state index in [0.29, 0.717) is 11.1 Å². The fraction of sp³-hybridized carbons (Fsp3) is 0.263. The van der Waals surface area contributed by atoms with E-state index >= 15 is 0 Å². The van der Waals surface area contributed by atoms with Crippen LogP contribution in [0.15, 0.2) is 48.7 Å². The molecule has 3 rings (SSSR count). The van der Waals surface area contributed by atoms with E-state index in [1.54, 1.807) is 0 Å². The smallest absolute Gasteiger partial charge is 0.143 e. The number of hydrogen-bond donors (Lipinski definition) is 1. The minimum atomic E-state index is 0.0301. The fourth-order valence-electron chi connectivity index (χ4n) is 2.69. The number of benzene rings is 2. The molecule has 1 N–H and O–H groups in total. The van der Waals surface area contributed by atoms with Gasteiger partial charge in [0.1, 0.15) is 5.75 Å². The zero-order chi connectivity index (χ0) is 15.9. The van der Waals surface area contributed by atoms with Gasteiger partial charge in [0.05, 0.1) is 11.2 Å². The van der Waals surface area contributed by atoms with Crippen LogP contribution in [0.5, 0.6) is 5.75 Å². The summed E-state index contributed by atoms with van der Waals surface area (Å²) in [5.74, 6) is 0.339. The Morgan fingerprint density at radius 1 is 1.09 bits per heavy atom. The molecule has 0 aliphatic heterocycles. The van der Waals surface area contributed by atoms with E-state index in [1.165, 1.54) is 10.9 Å². The van der Waals surface area contributed by atoms with Crippen molar-refractivity contribution in [1.29, 1.82) is 0 Å². The van der Waals surface area contributed by atoms with E-state index in [4.69, 9.17) is 0 Å². The van der Waals surface area contributed by atoms with Crippen molar-refractivity contribution in [3.63, 3.8) is 0 Å². The fourth-order valence-corrected chi connectivity index (χ4v) is 3.12. The average molecular weight is 358 g/mol. The number of nitrogens with zero attached hydrogens (tertiary/aromatic N) is 1. The highest BCUT2D eigenvalue weighted by molar-refractivity contribution is 9.08. The molecule has 2 nitrogen and oxygen atoms in total. The highest BCUT2D eigenvalue weighted by atomic mass is 79.9. The topological polar surface area (TPSA) is 25.2 Å².